The van der Waals surface area contributed by atoms with E-state index in [4.69, 9.17) is 16.0 Å². The average molecular weight is 318 g/mol. The molecule has 0 fully saturated rings. The van der Waals surface area contributed by atoms with Crippen LogP contribution in [-0.4, -0.2) is 38.9 Å². The highest BCUT2D eigenvalue weighted by Crippen LogP contribution is 2.12. The van der Waals surface area contributed by atoms with Crippen molar-refractivity contribution >= 4 is 17.7 Å². The molecule has 2 aromatic rings. The highest BCUT2D eigenvalue weighted by molar-refractivity contribution is 6.05. The van der Waals surface area contributed by atoms with Gasteiger partial charge in [-0.2, -0.15) is 4.98 Å². The Morgan fingerprint density at radius 1 is 1.22 bits per heavy atom. The topological polar surface area (TPSA) is 167 Å². The number of carbonyl (C=O) groups excluding carboxylic acids is 3. The maximum absolute atomic E-state index is 11.7. The molecule has 0 spiro atoms. The van der Waals surface area contributed by atoms with Gasteiger partial charge in [-0.3, -0.25) is 19.4 Å². The summed E-state index contributed by atoms with van der Waals surface area (Å²) in [6, 6.07) is 3.70. The van der Waals surface area contributed by atoms with E-state index in [-0.39, 0.29) is 18.7 Å². The van der Waals surface area contributed by atoms with Crippen LogP contribution in [-0.2, 0) is 20.8 Å². The monoisotopic (exact) mass is 318 g/mol. The molecule has 0 unspecified atom stereocenters. The summed E-state index contributed by atoms with van der Waals surface area (Å²) in [5, 5.41) is 5.89. The van der Waals surface area contributed by atoms with Gasteiger partial charge in [0.25, 0.3) is 0 Å². The van der Waals surface area contributed by atoms with E-state index in [1.165, 1.54) is 0 Å². The van der Waals surface area contributed by atoms with Crippen LogP contribution in [0.3, 0.4) is 0 Å². The number of nitrogens with zero attached hydrogens (tertiary/aromatic N) is 3. The van der Waals surface area contributed by atoms with Gasteiger partial charge in [0, 0.05) is 19.0 Å². The highest BCUT2D eigenvalue weighted by atomic mass is 16.5. The molecule has 0 saturated heterocycles. The molecule has 10 heteroatoms. The second-order valence-corrected chi connectivity index (χ2v) is 4.53. The van der Waals surface area contributed by atoms with Crippen LogP contribution in [0.1, 0.15) is 12.3 Å². The number of aromatic nitrogens is 3. The third-order valence-electron chi connectivity index (χ3n) is 2.80. The summed E-state index contributed by atoms with van der Waals surface area (Å²) in [5.41, 5.74) is 10.5. The Bertz CT molecular complexity index is 700. The average Bonchev–Trinajstić information content (AvgIpc) is 3.00. The van der Waals surface area contributed by atoms with Crippen LogP contribution in [0.25, 0.3) is 11.5 Å². The van der Waals surface area contributed by atoms with E-state index >= 15 is 0 Å². The molecule has 2 heterocycles. The van der Waals surface area contributed by atoms with Crippen molar-refractivity contribution < 1.29 is 18.9 Å². The lowest BCUT2D eigenvalue weighted by molar-refractivity contribution is -0.134. The molecular formula is C13H14N6O4. The first kappa shape index (κ1) is 16.1. The molecule has 0 aliphatic heterocycles. The molecule has 2 rings (SSSR count). The van der Waals surface area contributed by atoms with E-state index < -0.39 is 23.8 Å². The largest absolute Gasteiger partial charge is 0.367 e. The third-order valence-corrected chi connectivity index (χ3v) is 2.80. The smallest absolute Gasteiger partial charge is 0.249 e. The number of hydrogen-bond acceptors (Lipinski definition) is 7. The van der Waals surface area contributed by atoms with E-state index in [2.05, 4.69) is 20.4 Å². The van der Waals surface area contributed by atoms with Gasteiger partial charge in [-0.25, -0.2) is 0 Å². The summed E-state index contributed by atoms with van der Waals surface area (Å²) in [5.74, 6) is -2.13. The number of hydrogen-bond donors (Lipinski definition) is 3. The number of primary amides is 2. The Morgan fingerprint density at radius 2 is 1.96 bits per heavy atom. The summed E-state index contributed by atoms with van der Waals surface area (Å²) < 4.78 is 5.00. The molecule has 0 bridgehead atoms. The van der Waals surface area contributed by atoms with Crippen molar-refractivity contribution in [3.8, 4) is 11.5 Å². The van der Waals surface area contributed by atoms with Crippen molar-refractivity contribution in [1.29, 1.82) is 0 Å². The summed E-state index contributed by atoms with van der Waals surface area (Å²) in [4.78, 5) is 41.8. The van der Waals surface area contributed by atoms with Crippen molar-refractivity contribution in [2.45, 2.75) is 18.9 Å². The molecule has 0 atom stereocenters. The normalized spacial score (nSPS) is 10.5. The fourth-order valence-electron chi connectivity index (χ4n) is 1.69. The number of nitrogens with two attached hydrogens (primary N) is 2. The minimum absolute atomic E-state index is 0.0824. The van der Waals surface area contributed by atoms with Gasteiger partial charge in [-0.05, 0) is 12.1 Å². The van der Waals surface area contributed by atoms with Crippen molar-refractivity contribution in [2.75, 3.05) is 0 Å². The number of amides is 3. The molecule has 5 N–H and O–H groups in total. The van der Waals surface area contributed by atoms with Crippen LogP contribution < -0.4 is 16.8 Å². The summed E-state index contributed by atoms with van der Waals surface area (Å²) >= 11 is 0. The number of aryl methyl sites for hydroxylation is 1. The molecule has 0 aliphatic carbocycles. The first-order chi connectivity index (χ1) is 11.0. The Hall–Kier alpha value is -3.30. The van der Waals surface area contributed by atoms with Crippen molar-refractivity contribution in [3.05, 3.63) is 30.3 Å². The lowest BCUT2D eigenvalue weighted by Gasteiger charge is -2.10. The van der Waals surface area contributed by atoms with Gasteiger partial charge in [0.05, 0.1) is 0 Å². The number of pyridine rings is 1. The van der Waals surface area contributed by atoms with Gasteiger partial charge in [0.1, 0.15) is 5.69 Å². The summed E-state index contributed by atoms with van der Waals surface area (Å²) in [6.45, 7) is 0. The van der Waals surface area contributed by atoms with Crippen LogP contribution in [0.15, 0.2) is 28.9 Å². The molecule has 2 aromatic heterocycles. The SMILES string of the molecule is NC(=O)C(NC(=O)CCc1nc(-c2ccccn2)no1)C(N)=O. The molecule has 10 nitrogen and oxygen atoms in total. The molecular weight excluding hydrogens is 304 g/mol. The molecule has 0 saturated carbocycles. The maximum atomic E-state index is 11.7. The first-order valence-electron chi connectivity index (χ1n) is 6.59. The van der Waals surface area contributed by atoms with Gasteiger partial charge in [-0.15, -0.1) is 0 Å². The van der Waals surface area contributed by atoms with E-state index in [0.29, 0.717) is 11.5 Å². The van der Waals surface area contributed by atoms with Crippen LogP contribution in [0, 0.1) is 0 Å². The molecule has 120 valence electrons. The van der Waals surface area contributed by atoms with E-state index in [9.17, 15) is 14.4 Å². The minimum Gasteiger partial charge on any atom is -0.367 e. The molecule has 3 amide bonds. The Labute approximate surface area is 130 Å². The lowest BCUT2D eigenvalue weighted by atomic mass is 10.2. The van der Waals surface area contributed by atoms with Crippen LogP contribution in [0.5, 0.6) is 0 Å². The van der Waals surface area contributed by atoms with E-state index in [1.54, 1.807) is 24.4 Å². The standard InChI is InChI=1S/C13H14N6O4/c14-11(21)10(12(15)22)17-8(20)4-5-9-18-13(19-23-9)7-3-1-2-6-16-7/h1-3,6,10H,4-5H2,(H2,14,21)(H2,15,22)(H,17,20). The minimum atomic E-state index is -1.55. The Balaban J connectivity index is 1.91. The van der Waals surface area contributed by atoms with Crippen molar-refractivity contribution in [1.82, 2.24) is 20.4 Å². The summed E-state index contributed by atoms with van der Waals surface area (Å²) in [6.07, 6.45) is 1.63. The molecule has 0 radical (unpaired) electrons. The molecule has 0 aliphatic rings. The van der Waals surface area contributed by atoms with E-state index in [0.717, 1.165) is 0 Å². The van der Waals surface area contributed by atoms with Gasteiger partial charge in [-0.1, -0.05) is 11.2 Å². The highest BCUT2D eigenvalue weighted by Gasteiger charge is 2.23. The zero-order chi connectivity index (χ0) is 16.8. The second kappa shape index (κ2) is 7.11. The van der Waals surface area contributed by atoms with Crippen LogP contribution in [0.4, 0.5) is 0 Å². The fourth-order valence-corrected chi connectivity index (χ4v) is 1.69. The van der Waals surface area contributed by atoms with Crippen molar-refractivity contribution in [3.63, 3.8) is 0 Å². The zero-order valence-electron chi connectivity index (χ0n) is 11.9. The predicted molar refractivity (Wildman–Crippen MR) is 76.2 cm³/mol. The zero-order valence-corrected chi connectivity index (χ0v) is 11.9. The van der Waals surface area contributed by atoms with Gasteiger partial charge < -0.3 is 21.3 Å². The third kappa shape index (κ3) is 4.33. The van der Waals surface area contributed by atoms with Crippen LogP contribution >= 0.6 is 0 Å². The molecule has 23 heavy (non-hydrogen) atoms. The summed E-state index contributed by atoms with van der Waals surface area (Å²) in [7, 11) is 0. The van der Waals surface area contributed by atoms with Gasteiger partial charge in [0.2, 0.25) is 29.4 Å². The Kier molecular flexibility index (Phi) is 4.97. The number of rotatable bonds is 7. The molecule has 0 aromatic carbocycles. The van der Waals surface area contributed by atoms with Gasteiger partial charge in [0.15, 0.2) is 6.04 Å². The van der Waals surface area contributed by atoms with E-state index in [1.807, 2.05) is 0 Å². The number of carbonyl (C=O) groups is 3. The Morgan fingerprint density at radius 3 is 2.57 bits per heavy atom. The predicted octanol–water partition coefficient (Wildman–Crippen LogP) is -1.48. The van der Waals surface area contributed by atoms with Crippen molar-refractivity contribution in [2.24, 2.45) is 11.5 Å². The maximum Gasteiger partial charge on any atom is 0.249 e. The fraction of sp³-hybridized carbons (Fsp3) is 0.231. The van der Waals surface area contributed by atoms with Gasteiger partial charge >= 0.3 is 0 Å². The van der Waals surface area contributed by atoms with Crippen LogP contribution in [0.2, 0.25) is 0 Å². The quantitative estimate of drug-likeness (QED) is 0.523. The first-order valence-corrected chi connectivity index (χ1v) is 6.59. The number of nitrogens with one attached hydrogen (secondary N) is 1. The second-order valence-electron chi connectivity index (χ2n) is 4.53. The lowest BCUT2D eigenvalue weighted by Crippen LogP contribution is -2.52.